The maximum Gasteiger partial charge on any atom is 0.282 e. The first kappa shape index (κ1) is 17.7. The van der Waals surface area contributed by atoms with E-state index in [1.807, 2.05) is 24.3 Å². The molecule has 27 heavy (non-hydrogen) atoms. The van der Waals surface area contributed by atoms with Crippen LogP contribution in [-0.4, -0.2) is 23.2 Å². The van der Waals surface area contributed by atoms with E-state index in [4.69, 9.17) is 5.14 Å². The summed E-state index contributed by atoms with van der Waals surface area (Å²) in [5.41, 5.74) is 1.19. The lowest BCUT2D eigenvalue weighted by atomic mass is 10.3. The van der Waals surface area contributed by atoms with Gasteiger partial charge in [0.15, 0.2) is 0 Å². The summed E-state index contributed by atoms with van der Waals surface area (Å²) in [7, 11) is -3.85. The van der Waals surface area contributed by atoms with Gasteiger partial charge < -0.3 is 0 Å². The summed E-state index contributed by atoms with van der Waals surface area (Å²) in [5, 5.41) is 9.60. The van der Waals surface area contributed by atoms with Crippen molar-refractivity contribution in [2.75, 3.05) is 0 Å². The Morgan fingerprint density at radius 3 is 2.41 bits per heavy atom. The number of nitrogens with two attached hydrogens (primary N) is 1. The van der Waals surface area contributed by atoms with Gasteiger partial charge in [-0.25, -0.2) is 32.0 Å². The van der Waals surface area contributed by atoms with E-state index < -0.39 is 16.4 Å². The van der Waals surface area contributed by atoms with Crippen LogP contribution in [0.15, 0.2) is 59.5 Å². The lowest BCUT2D eigenvalue weighted by molar-refractivity contribution is 0.145. The number of hydrogen-bond acceptors (Lipinski definition) is 5. The molecule has 0 amide bonds. The van der Waals surface area contributed by atoms with E-state index in [9.17, 15) is 17.2 Å². The number of fused-ring (bicyclic) bond motifs is 1. The highest BCUT2D eigenvalue weighted by molar-refractivity contribution is 7.89. The molecule has 2 N–H and O–H groups in total. The van der Waals surface area contributed by atoms with E-state index in [1.165, 1.54) is 46.4 Å². The van der Waals surface area contributed by atoms with Crippen molar-refractivity contribution in [2.24, 2.45) is 5.14 Å². The summed E-state index contributed by atoms with van der Waals surface area (Å²) >= 11 is 1.36. The number of aromatic nitrogens is 3. The Kier molecular flexibility index (Phi) is 4.25. The van der Waals surface area contributed by atoms with Gasteiger partial charge in [-0.15, -0.1) is 11.3 Å². The highest BCUT2D eigenvalue weighted by atomic mass is 32.2. The minimum atomic E-state index is -3.85. The molecule has 0 aliphatic carbocycles. The van der Waals surface area contributed by atoms with Gasteiger partial charge in [0.25, 0.3) is 6.43 Å². The van der Waals surface area contributed by atoms with Crippen LogP contribution in [0.4, 0.5) is 8.78 Å². The quantitative estimate of drug-likeness (QED) is 0.559. The van der Waals surface area contributed by atoms with Gasteiger partial charge in [-0.05, 0) is 42.5 Å². The number of primary sulfonamides is 1. The van der Waals surface area contributed by atoms with Gasteiger partial charge in [-0.3, -0.25) is 0 Å². The summed E-state index contributed by atoms with van der Waals surface area (Å²) in [6.07, 6.45) is -2.75. The molecule has 2 aromatic heterocycles. The number of sulfonamides is 1. The Morgan fingerprint density at radius 1 is 1.07 bits per heavy atom. The normalized spacial score (nSPS) is 12.1. The minimum Gasteiger partial charge on any atom is -0.234 e. The SMILES string of the molecule is NS(=O)(=O)c1ccc(-n2nc(C(F)F)cc2-c2nc3ccccc3s2)cc1. The first-order chi connectivity index (χ1) is 12.8. The van der Waals surface area contributed by atoms with E-state index >= 15 is 0 Å². The van der Waals surface area contributed by atoms with Crippen molar-refractivity contribution in [2.45, 2.75) is 11.3 Å². The standard InChI is InChI=1S/C17H12F2N4O2S2/c18-16(19)13-9-14(17-21-12-3-1-2-4-15(12)26-17)23(22-13)10-5-7-11(8-6-10)27(20,24)25/h1-9,16H,(H2,20,24,25). The zero-order valence-electron chi connectivity index (χ0n) is 13.6. The van der Waals surface area contributed by atoms with E-state index in [0.29, 0.717) is 16.4 Å². The summed E-state index contributed by atoms with van der Waals surface area (Å²) < 4.78 is 51.5. The summed E-state index contributed by atoms with van der Waals surface area (Å²) in [5.74, 6) is 0. The van der Waals surface area contributed by atoms with E-state index in [1.54, 1.807) is 0 Å². The lowest BCUT2D eigenvalue weighted by Crippen LogP contribution is -2.12. The highest BCUT2D eigenvalue weighted by Gasteiger charge is 2.20. The molecule has 0 aliphatic heterocycles. The van der Waals surface area contributed by atoms with Gasteiger partial charge in [-0.2, -0.15) is 5.10 Å². The predicted octanol–water partition coefficient (Wildman–Crippen LogP) is 3.73. The average Bonchev–Trinajstić information content (AvgIpc) is 3.25. The van der Waals surface area contributed by atoms with Crippen LogP contribution in [0.25, 0.3) is 26.6 Å². The maximum absolute atomic E-state index is 13.2. The van der Waals surface area contributed by atoms with Crippen molar-refractivity contribution in [1.29, 1.82) is 0 Å². The van der Waals surface area contributed by atoms with Crippen LogP contribution in [0.3, 0.4) is 0 Å². The monoisotopic (exact) mass is 406 g/mol. The van der Waals surface area contributed by atoms with Crippen molar-refractivity contribution in [1.82, 2.24) is 14.8 Å². The summed E-state index contributed by atoms with van der Waals surface area (Å²) in [6, 6.07) is 14.3. The van der Waals surface area contributed by atoms with Crippen LogP contribution in [0, 0.1) is 0 Å². The first-order valence-electron chi connectivity index (χ1n) is 7.70. The van der Waals surface area contributed by atoms with Crippen LogP contribution in [-0.2, 0) is 10.0 Å². The van der Waals surface area contributed by atoms with Gasteiger partial charge in [0.1, 0.15) is 16.4 Å². The molecule has 0 aliphatic rings. The third-order valence-corrected chi connectivity index (χ3v) is 5.86. The van der Waals surface area contributed by atoms with Crippen molar-refractivity contribution < 1.29 is 17.2 Å². The molecular formula is C17H12F2N4O2S2. The molecule has 2 aromatic carbocycles. The number of hydrogen-bond donors (Lipinski definition) is 1. The van der Waals surface area contributed by atoms with Crippen molar-refractivity contribution in [3.63, 3.8) is 0 Å². The molecule has 0 bridgehead atoms. The Labute approximate surface area is 156 Å². The van der Waals surface area contributed by atoms with Gasteiger partial charge in [0.2, 0.25) is 10.0 Å². The second-order valence-corrected chi connectivity index (χ2v) is 8.28. The van der Waals surface area contributed by atoms with E-state index in [-0.39, 0.29) is 10.6 Å². The number of alkyl halides is 2. The smallest absolute Gasteiger partial charge is 0.234 e. The molecule has 138 valence electrons. The summed E-state index contributed by atoms with van der Waals surface area (Å²) in [6.45, 7) is 0. The van der Waals surface area contributed by atoms with Crippen molar-refractivity contribution in [3.8, 4) is 16.4 Å². The number of nitrogens with zero attached hydrogens (tertiary/aromatic N) is 3. The van der Waals surface area contributed by atoms with Crippen LogP contribution >= 0.6 is 11.3 Å². The van der Waals surface area contributed by atoms with Crippen molar-refractivity contribution in [3.05, 3.63) is 60.3 Å². The zero-order chi connectivity index (χ0) is 19.2. The molecule has 0 unspecified atom stereocenters. The third kappa shape index (κ3) is 3.34. The van der Waals surface area contributed by atoms with Gasteiger partial charge in [0.05, 0.1) is 20.8 Å². The zero-order valence-corrected chi connectivity index (χ0v) is 15.2. The van der Waals surface area contributed by atoms with E-state index in [0.717, 1.165) is 10.2 Å². The Bertz CT molecular complexity index is 1200. The fourth-order valence-electron chi connectivity index (χ4n) is 2.61. The van der Waals surface area contributed by atoms with Crippen LogP contribution < -0.4 is 5.14 Å². The number of halogens is 2. The largest absolute Gasteiger partial charge is 0.282 e. The van der Waals surface area contributed by atoms with E-state index in [2.05, 4.69) is 10.1 Å². The minimum absolute atomic E-state index is 0.0750. The Hall–Kier alpha value is -2.69. The molecule has 4 aromatic rings. The van der Waals surface area contributed by atoms with Crippen LogP contribution in [0.1, 0.15) is 12.1 Å². The van der Waals surface area contributed by atoms with Crippen LogP contribution in [0.2, 0.25) is 0 Å². The highest BCUT2D eigenvalue weighted by Crippen LogP contribution is 2.33. The second kappa shape index (κ2) is 6.48. The predicted molar refractivity (Wildman–Crippen MR) is 98.5 cm³/mol. The molecule has 2 heterocycles. The Balaban J connectivity index is 1.87. The van der Waals surface area contributed by atoms with Gasteiger partial charge in [0, 0.05) is 0 Å². The fourth-order valence-corrected chi connectivity index (χ4v) is 4.10. The topological polar surface area (TPSA) is 90.9 Å². The Morgan fingerprint density at radius 2 is 1.78 bits per heavy atom. The summed E-state index contributed by atoms with van der Waals surface area (Å²) in [4.78, 5) is 4.42. The number of benzene rings is 2. The molecule has 10 heteroatoms. The van der Waals surface area contributed by atoms with Crippen molar-refractivity contribution >= 4 is 31.6 Å². The lowest BCUT2D eigenvalue weighted by Gasteiger charge is -2.06. The third-order valence-electron chi connectivity index (χ3n) is 3.87. The second-order valence-electron chi connectivity index (χ2n) is 5.69. The molecule has 0 saturated heterocycles. The molecule has 0 spiro atoms. The average molecular weight is 406 g/mol. The molecule has 6 nitrogen and oxygen atoms in total. The first-order valence-corrected chi connectivity index (χ1v) is 10.1. The van der Waals surface area contributed by atoms with Crippen LogP contribution in [0.5, 0.6) is 0 Å². The molecule has 0 radical (unpaired) electrons. The number of thiazole rings is 1. The fraction of sp³-hybridized carbons (Fsp3) is 0.0588. The van der Waals surface area contributed by atoms with Gasteiger partial charge in [-0.1, -0.05) is 12.1 Å². The molecular weight excluding hydrogens is 394 g/mol. The molecule has 0 saturated carbocycles. The number of rotatable bonds is 4. The number of para-hydroxylation sites is 1. The molecule has 4 rings (SSSR count). The maximum atomic E-state index is 13.2. The molecule has 0 fully saturated rings. The molecule has 0 atom stereocenters. The van der Waals surface area contributed by atoms with Gasteiger partial charge >= 0.3 is 0 Å².